The molecule has 1 saturated heterocycles. The monoisotopic (exact) mass is 241 g/mol. The molecule has 0 spiro atoms. The molecule has 2 rings (SSSR count). The molecule has 1 fully saturated rings. The van der Waals surface area contributed by atoms with E-state index in [4.69, 9.17) is 4.74 Å². The number of benzene rings is 1. The lowest BCUT2D eigenvalue weighted by Crippen LogP contribution is -2.45. The molecule has 0 bridgehead atoms. The topological polar surface area (TPSA) is 21.3 Å². The molecule has 0 aliphatic carbocycles. The van der Waals surface area contributed by atoms with E-state index in [1.165, 1.54) is 12.1 Å². The Morgan fingerprint density at radius 1 is 1.24 bits per heavy atom. The van der Waals surface area contributed by atoms with E-state index in [0.29, 0.717) is 30.7 Å². The zero-order valence-electron chi connectivity index (χ0n) is 10.0. The van der Waals surface area contributed by atoms with Crippen molar-refractivity contribution >= 4 is 0 Å². The summed E-state index contributed by atoms with van der Waals surface area (Å²) in [6.45, 7) is 5.39. The molecule has 4 heteroatoms. The van der Waals surface area contributed by atoms with Crippen molar-refractivity contribution in [1.29, 1.82) is 0 Å². The average Bonchev–Trinajstić information content (AvgIpc) is 2.28. The molecular formula is C13H17F2NO. The van der Waals surface area contributed by atoms with Crippen LogP contribution in [0.5, 0.6) is 0 Å². The maximum Gasteiger partial charge on any atom is 0.126 e. The van der Waals surface area contributed by atoms with Crippen LogP contribution >= 0.6 is 0 Å². The van der Waals surface area contributed by atoms with E-state index in [2.05, 4.69) is 19.2 Å². The number of halogens is 2. The number of hydrogen-bond acceptors (Lipinski definition) is 2. The number of hydrogen-bond donors (Lipinski definition) is 1. The summed E-state index contributed by atoms with van der Waals surface area (Å²) in [6, 6.07) is 3.83. The van der Waals surface area contributed by atoms with Crippen molar-refractivity contribution < 1.29 is 13.5 Å². The van der Waals surface area contributed by atoms with Crippen molar-refractivity contribution in [2.45, 2.75) is 26.0 Å². The molecule has 2 unspecified atom stereocenters. The first kappa shape index (κ1) is 12.5. The maximum absolute atomic E-state index is 13.1. The van der Waals surface area contributed by atoms with Gasteiger partial charge in [0.05, 0.1) is 12.7 Å². The summed E-state index contributed by atoms with van der Waals surface area (Å²) in [6.07, 6.45) is -0.268. The van der Waals surface area contributed by atoms with E-state index in [0.717, 1.165) is 6.07 Å². The molecule has 2 atom stereocenters. The highest BCUT2D eigenvalue weighted by Gasteiger charge is 2.24. The molecule has 1 heterocycles. The fraction of sp³-hybridized carbons (Fsp3) is 0.538. The van der Waals surface area contributed by atoms with Gasteiger partial charge in [-0.25, -0.2) is 8.78 Å². The summed E-state index contributed by atoms with van der Waals surface area (Å²) in [4.78, 5) is 0. The Hall–Kier alpha value is -1.00. The molecule has 0 radical (unpaired) electrons. The minimum atomic E-state index is -0.561. The molecule has 1 aliphatic heterocycles. The second-order valence-electron chi connectivity index (χ2n) is 4.78. The van der Waals surface area contributed by atoms with Crippen LogP contribution in [-0.4, -0.2) is 19.2 Å². The highest BCUT2D eigenvalue weighted by molar-refractivity contribution is 5.21. The van der Waals surface area contributed by atoms with Gasteiger partial charge >= 0.3 is 0 Å². The summed E-state index contributed by atoms with van der Waals surface area (Å²) in [5.41, 5.74) is 0.553. The zero-order valence-corrected chi connectivity index (χ0v) is 10.0. The van der Waals surface area contributed by atoms with E-state index in [1.54, 1.807) is 0 Å². The van der Waals surface area contributed by atoms with Crippen molar-refractivity contribution in [2.24, 2.45) is 5.92 Å². The smallest absolute Gasteiger partial charge is 0.126 e. The molecule has 0 amide bonds. The lowest BCUT2D eigenvalue weighted by Gasteiger charge is -2.32. The highest BCUT2D eigenvalue weighted by atomic mass is 19.1. The van der Waals surface area contributed by atoms with E-state index in [-0.39, 0.29) is 6.10 Å². The van der Waals surface area contributed by atoms with Gasteiger partial charge in [-0.05, 0) is 23.6 Å². The number of ether oxygens (including phenoxy) is 1. The first-order valence-corrected chi connectivity index (χ1v) is 5.87. The maximum atomic E-state index is 13.1. The third-order valence-corrected chi connectivity index (χ3v) is 3.10. The van der Waals surface area contributed by atoms with Crippen LogP contribution in [0.15, 0.2) is 18.2 Å². The lowest BCUT2D eigenvalue weighted by molar-refractivity contribution is -0.00739. The van der Waals surface area contributed by atoms with Crippen LogP contribution in [0.2, 0.25) is 0 Å². The first-order chi connectivity index (χ1) is 8.06. The van der Waals surface area contributed by atoms with Gasteiger partial charge in [-0.2, -0.15) is 0 Å². The van der Waals surface area contributed by atoms with Crippen LogP contribution in [0.1, 0.15) is 25.5 Å². The van der Waals surface area contributed by atoms with Crippen molar-refractivity contribution in [2.75, 3.05) is 13.2 Å². The average molecular weight is 241 g/mol. The molecule has 94 valence electrons. The minimum Gasteiger partial charge on any atom is -0.371 e. The van der Waals surface area contributed by atoms with Crippen LogP contribution in [0.25, 0.3) is 0 Å². The van der Waals surface area contributed by atoms with Gasteiger partial charge in [0.25, 0.3) is 0 Å². The van der Waals surface area contributed by atoms with Gasteiger partial charge in [-0.1, -0.05) is 13.8 Å². The van der Waals surface area contributed by atoms with Crippen molar-refractivity contribution in [3.63, 3.8) is 0 Å². The van der Waals surface area contributed by atoms with Gasteiger partial charge < -0.3 is 10.1 Å². The molecule has 0 aromatic heterocycles. The Morgan fingerprint density at radius 3 is 2.35 bits per heavy atom. The Kier molecular flexibility index (Phi) is 3.74. The molecule has 1 aliphatic rings. The molecular weight excluding hydrogens is 224 g/mol. The van der Waals surface area contributed by atoms with Crippen LogP contribution in [0.3, 0.4) is 0 Å². The van der Waals surface area contributed by atoms with E-state index >= 15 is 0 Å². The normalized spacial score (nSPS) is 25.2. The Balaban J connectivity index is 2.05. The van der Waals surface area contributed by atoms with Crippen LogP contribution < -0.4 is 5.32 Å². The second-order valence-corrected chi connectivity index (χ2v) is 4.78. The molecule has 1 N–H and O–H groups in total. The van der Waals surface area contributed by atoms with Crippen molar-refractivity contribution in [1.82, 2.24) is 5.32 Å². The summed E-state index contributed by atoms with van der Waals surface area (Å²) in [5, 5.41) is 3.34. The number of morpholine rings is 1. The molecule has 1 aromatic carbocycles. The Morgan fingerprint density at radius 2 is 1.88 bits per heavy atom. The van der Waals surface area contributed by atoms with E-state index < -0.39 is 11.6 Å². The van der Waals surface area contributed by atoms with Crippen molar-refractivity contribution in [3.8, 4) is 0 Å². The van der Waals surface area contributed by atoms with Crippen LogP contribution in [0.4, 0.5) is 8.78 Å². The summed E-state index contributed by atoms with van der Waals surface area (Å²) in [7, 11) is 0. The molecule has 17 heavy (non-hydrogen) atoms. The quantitative estimate of drug-likeness (QED) is 0.859. The minimum absolute atomic E-state index is 0.268. The van der Waals surface area contributed by atoms with Gasteiger partial charge in [-0.15, -0.1) is 0 Å². The lowest BCUT2D eigenvalue weighted by atomic mass is 10.0. The van der Waals surface area contributed by atoms with Crippen LogP contribution in [0, 0.1) is 17.6 Å². The predicted octanol–water partition coefficient (Wildman–Crippen LogP) is 2.65. The summed E-state index contributed by atoms with van der Waals surface area (Å²) >= 11 is 0. The van der Waals surface area contributed by atoms with E-state index in [1.807, 2.05) is 0 Å². The van der Waals surface area contributed by atoms with E-state index in [9.17, 15) is 8.78 Å². The van der Waals surface area contributed by atoms with Gasteiger partial charge in [-0.3, -0.25) is 0 Å². The predicted molar refractivity (Wildman–Crippen MR) is 61.7 cm³/mol. The molecule has 0 saturated carbocycles. The summed E-state index contributed by atoms with van der Waals surface area (Å²) < 4.78 is 31.8. The number of rotatable bonds is 2. The van der Waals surface area contributed by atoms with Gasteiger partial charge in [0.15, 0.2) is 0 Å². The SMILES string of the molecule is CC(C)C1COC(c2cc(F)cc(F)c2)CN1. The van der Waals surface area contributed by atoms with Gasteiger partial charge in [0.1, 0.15) is 11.6 Å². The number of nitrogens with one attached hydrogen (secondary N) is 1. The standard InChI is InChI=1S/C13H17F2NO/c1-8(2)12-7-17-13(6-16-12)9-3-10(14)5-11(15)4-9/h3-5,8,12-13,16H,6-7H2,1-2H3. The zero-order chi connectivity index (χ0) is 12.4. The largest absolute Gasteiger partial charge is 0.371 e. The van der Waals surface area contributed by atoms with Crippen molar-refractivity contribution in [3.05, 3.63) is 35.4 Å². The third-order valence-electron chi connectivity index (χ3n) is 3.10. The van der Waals surface area contributed by atoms with Crippen LogP contribution in [-0.2, 0) is 4.74 Å². The fourth-order valence-electron chi connectivity index (χ4n) is 2.00. The van der Waals surface area contributed by atoms with Gasteiger partial charge in [0, 0.05) is 18.7 Å². The summed E-state index contributed by atoms with van der Waals surface area (Å²) in [5.74, 6) is -0.635. The van der Waals surface area contributed by atoms with Gasteiger partial charge in [0.2, 0.25) is 0 Å². The Bertz CT molecular complexity index is 367. The Labute approximate surface area is 100.0 Å². The first-order valence-electron chi connectivity index (χ1n) is 5.87. The third kappa shape index (κ3) is 3.01. The second kappa shape index (κ2) is 5.10. The molecule has 2 nitrogen and oxygen atoms in total. The highest BCUT2D eigenvalue weighted by Crippen LogP contribution is 2.23. The molecule has 1 aromatic rings. The fourth-order valence-corrected chi connectivity index (χ4v) is 2.00.